The molecule has 0 bridgehead atoms. The molecule has 19 heavy (non-hydrogen) atoms. The van der Waals surface area contributed by atoms with Crippen LogP contribution in [0.15, 0.2) is 0 Å². The van der Waals surface area contributed by atoms with Crippen molar-refractivity contribution in [3.63, 3.8) is 0 Å². The lowest BCUT2D eigenvalue weighted by Crippen LogP contribution is -2.55. The van der Waals surface area contributed by atoms with Crippen molar-refractivity contribution in [3.8, 4) is 0 Å². The molecular formula is C14H25N3O2. The zero-order valence-electron chi connectivity index (χ0n) is 11.9. The number of nitrogens with one attached hydrogen (secondary N) is 1. The molecule has 108 valence electrons. The summed E-state index contributed by atoms with van der Waals surface area (Å²) in [5.41, 5.74) is 5.45. The molecule has 2 aliphatic rings. The molecule has 2 rings (SSSR count). The molecular weight excluding hydrogens is 242 g/mol. The highest BCUT2D eigenvalue weighted by Crippen LogP contribution is 2.31. The summed E-state index contributed by atoms with van der Waals surface area (Å²) in [6, 6.07) is -0.0852. The number of nitrogens with two attached hydrogens (primary N) is 1. The third kappa shape index (κ3) is 3.08. The van der Waals surface area contributed by atoms with Gasteiger partial charge in [-0.05, 0) is 25.7 Å². The highest BCUT2D eigenvalue weighted by Gasteiger charge is 2.42. The SMILES string of the molecule is CC(C)NC1CCCCC2CCC(C(N)=O)N2C1=O. The number of rotatable bonds is 3. The molecule has 3 unspecified atom stereocenters. The number of carbonyl (C=O) groups excluding carboxylic acids is 2. The number of carbonyl (C=O) groups is 2. The number of amides is 2. The Balaban J connectivity index is 2.18. The first-order valence-electron chi connectivity index (χ1n) is 7.38. The van der Waals surface area contributed by atoms with Gasteiger partial charge in [-0.25, -0.2) is 0 Å². The molecule has 2 amide bonds. The van der Waals surface area contributed by atoms with Gasteiger partial charge in [0.25, 0.3) is 0 Å². The van der Waals surface area contributed by atoms with Crippen LogP contribution in [0.3, 0.4) is 0 Å². The van der Waals surface area contributed by atoms with Gasteiger partial charge in [-0.15, -0.1) is 0 Å². The maximum absolute atomic E-state index is 12.7. The Labute approximate surface area is 114 Å². The number of fused-ring (bicyclic) bond motifs is 1. The van der Waals surface area contributed by atoms with E-state index in [0.29, 0.717) is 0 Å². The quantitative estimate of drug-likeness (QED) is 0.793. The lowest BCUT2D eigenvalue weighted by Gasteiger charge is -2.35. The summed E-state index contributed by atoms with van der Waals surface area (Å²) in [5, 5.41) is 3.33. The fraction of sp³-hybridized carbons (Fsp3) is 0.857. The summed E-state index contributed by atoms with van der Waals surface area (Å²) in [7, 11) is 0. The lowest BCUT2D eigenvalue weighted by atomic mass is 9.98. The Morgan fingerprint density at radius 3 is 2.58 bits per heavy atom. The van der Waals surface area contributed by atoms with Crippen molar-refractivity contribution in [1.29, 1.82) is 0 Å². The molecule has 0 aromatic heterocycles. The van der Waals surface area contributed by atoms with Crippen molar-refractivity contribution >= 4 is 11.8 Å². The topological polar surface area (TPSA) is 75.4 Å². The highest BCUT2D eigenvalue weighted by atomic mass is 16.2. The molecule has 2 heterocycles. The van der Waals surface area contributed by atoms with Gasteiger partial charge in [-0.3, -0.25) is 9.59 Å². The summed E-state index contributed by atoms with van der Waals surface area (Å²) in [6.07, 6.45) is 5.68. The zero-order chi connectivity index (χ0) is 14.0. The van der Waals surface area contributed by atoms with Crippen LogP contribution in [-0.2, 0) is 9.59 Å². The average molecular weight is 267 g/mol. The second-order valence-corrected chi connectivity index (χ2v) is 6.05. The van der Waals surface area contributed by atoms with Gasteiger partial charge < -0.3 is 16.0 Å². The molecule has 2 fully saturated rings. The molecule has 0 saturated carbocycles. The van der Waals surface area contributed by atoms with Crippen LogP contribution >= 0.6 is 0 Å². The molecule has 5 heteroatoms. The minimum Gasteiger partial charge on any atom is -0.368 e. The van der Waals surface area contributed by atoms with Crippen molar-refractivity contribution in [1.82, 2.24) is 10.2 Å². The average Bonchev–Trinajstić information content (AvgIpc) is 2.73. The van der Waals surface area contributed by atoms with Crippen LogP contribution in [0.5, 0.6) is 0 Å². The van der Waals surface area contributed by atoms with Crippen molar-refractivity contribution in [3.05, 3.63) is 0 Å². The Bertz CT molecular complexity index is 357. The normalized spacial score (nSPS) is 32.1. The predicted octanol–water partition coefficient (Wildman–Crippen LogP) is 0.772. The van der Waals surface area contributed by atoms with Crippen LogP contribution in [0.25, 0.3) is 0 Å². The molecule has 5 nitrogen and oxygen atoms in total. The van der Waals surface area contributed by atoms with Crippen LogP contribution < -0.4 is 11.1 Å². The van der Waals surface area contributed by atoms with Gasteiger partial charge in [0.05, 0.1) is 6.04 Å². The van der Waals surface area contributed by atoms with E-state index in [1.807, 2.05) is 13.8 Å². The maximum Gasteiger partial charge on any atom is 0.240 e. The molecule has 0 radical (unpaired) electrons. The molecule has 0 spiro atoms. The van der Waals surface area contributed by atoms with Gasteiger partial charge in [-0.2, -0.15) is 0 Å². The number of hydrogen-bond donors (Lipinski definition) is 2. The van der Waals surface area contributed by atoms with E-state index in [4.69, 9.17) is 5.73 Å². The Morgan fingerprint density at radius 1 is 1.26 bits per heavy atom. The van der Waals surface area contributed by atoms with E-state index in [2.05, 4.69) is 5.32 Å². The summed E-state index contributed by atoms with van der Waals surface area (Å²) in [4.78, 5) is 26.0. The summed E-state index contributed by atoms with van der Waals surface area (Å²) in [6.45, 7) is 4.08. The molecule has 2 aliphatic heterocycles. The van der Waals surface area contributed by atoms with Crippen LogP contribution in [0.2, 0.25) is 0 Å². The summed E-state index contributed by atoms with van der Waals surface area (Å²) >= 11 is 0. The van der Waals surface area contributed by atoms with Crippen molar-refractivity contribution in [2.45, 2.75) is 76.5 Å². The molecule has 0 aromatic rings. The van der Waals surface area contributed by atoms with Crippen LogP contribution in [0.4, 0.5) is 0 Å². The zero-order valence-corrected chi connectivity index (χ0v) is 11.9. The van der Waals surface area contributed by atoms with Gasteiger partial charge in [0, 0.05) is 12.1 Å². The van der Waals surface area contributed by atoms with Gasteiger partial charge in [-0.1, -0.05) is 26.7 Å². The fourth-order valence-corrected chi connectivity index (χ4v) is 3.37. The first-order valence-corrected chi connectivity index (χ1v) is 7.38. The molecule has 3 N–H and O–H groups in total. The van der Waals surface area contributed by atoms with Crippen LogP contribution in [0.1, 0.15) is 52.4 Å². The second-order valence-electron chi connectivity index (χ2n) is 6.05. The fourth-order valence-electron chi connectivity index (χ4n) is 3.37. The van der Waals surface area contributed by atoms with Crippen molar-refractivity contribution < 1.29 is 9.59 Å². The number of nitrogens with zero attached hydrogens (tertiary/aromatic N) is 1. The lowest BCUT2D eigenvalue weighted by molar-refractivity contribution is -0.142. The largest absolute Gasteiger partial charge is 0.368 e. The van der Waals surface area contributed by atoms with E-state index < -0.39 is 6.04 Å². The Kier molecular flexibility index (Phi) is 4.45. The van der Waals surface area contributed by atoms with Gasteiger partial charge in [0.1, 0.15) is 6.04 Å². The molecule has 2 saturated heterocycles. The smallest absolute Gasteiger partial charge is 0.240 e. The second kappa shape index (κ2) is 5.90. The minimum atomic E-state index is -0.396. The third-order valence-corrected chi connectivity index (χ3v) is 4.20. The van der Waals surface area contributed by atoms with Crippen molar-refractivity contribution in [2.75, 3.05) is 0 Å². The standard InChI is InChI=1S/C14H25N3O2/c1-9(2)16-11-6-4-3-5-10-7-8-12(13(15)18)17(10)14(11)19/h9-12,16H,3-8H2,1-2H3,(H2,15,18). The summed E-state index contributed by atoms with van der Waals surface area (Å²) < 4.78 is 0. The molecule has 0 aromatic carbocycles. The van der Waals surface area contributed by atoms with E-state index in [1.165, 1.54) is 0 Å². The Hall–Kier alpha value is -1.10. The van der Waals surface area contributed by atoms with Crippen molar-refractivity contribution in [2.24, 2.45) is 5.73 Å². The van der Waals surface area contributed by atoms with Gasteiger partial charge in [0.2, 0.25) is 11.8 Å². The highest BCUT2D eigenvalue weighted by molar-refractivity contribution is 5.90. The van der Waals surface area contributed by atoms with Gasteiger partial charge in [0.15, 0.2) is 0 Å². The predicted molar refractivity (Wildman–Crippen MR) is 73.4 cm³/mol. The molecule has 0 aliphatic carbocycles. The maximum atomic E-state index is 12.7. The first kappa shape index (κ1) is 14.3. The monoisotopic (exact) mass is 267 g/mol. The Morgan fingerprint density at radius 2 is 1.95 bits per heavy atom. The van der Waals surface area contributed by atoms with Gasteiger partial charge >= 0.3 is 0 Å². The number of primary amides is 1. The third-order valence-electron chi connectivity index (χ3n) is 4.20. The number of hydrogen-bond acceptors (Lipinski definition) is 3. The van der Waals surface area contributed by atoms with Crippen LogP contribution in [-0.4, -0.2) is 40.9 Å². The van der Waals surface area contributed by atoms with E-state index in [1.54, 1.807) is 4.90 Å². The molecule has 3 atom stereocenters. The first-order chi connectivity index (χ1) is 9.00. The van der Waals surface area contributed by atoms with E-state index in [9.17, 15) is 9.59 Å². The van der Waals surface area contributed by atoms with E-state index >= 15 is 0 Å². The van der Waals surface area contributed by atoms with E-state index in [0.717, 1.165) is 38.5 Å². The van der Waals surface area contributed by atoms with E-state index in [-0.39, 0.29) is 29.9 Å². The van der Waals surface area contributed by atoms with Crippen LogP contribution in [0, 0.1) is 0 Å². The minimum absolute atomic E-state index is 0.0692. The summed E-state index contributed by atoms with van der Waals surface area (Å²) in [5.74, 6) is -0.292.